The number of carbonyl (C=O) groups is 1. The van der Waals surface area contributed by atoms with Gasteiger partial charge in [-0.05, 0) is 36.7 Å². The molecule has 0 aromatic heterocycles. The van der Waals surface area contributed by atoms with E-state index >= 15 is 0 Å². The molecule has 0 fully saturated rings. The Morgan fingerprint density at radius 2 is 1.58 bits per heavy atom. The van der Waals surface area contributed by atoms with Crippen LogP contribution in [0.15, 0.2) is 48.5 Å². The van der Waals surface area contributed by atoms with Crippen LogP contribution in [0.3, 0.4) is 0 Å². The molecule has 0 unspecified atom stereocenters. The summed E-state index contributed by atoms with van der Waals surface area (Å²) in [7, 11) is -1.54. The molecule has 5 heteroatoms. The molecule has 2 aromatic rings. The average Bonchev–Trinajstić information content (AvgIpc) is 2.41. The van der Waals surface area contributed by atoms with Gasteiger partial charge < -0.3 is 14.8 Å². The summed E-state index contributed by atoms with van der Waals surface area (Å²) in [6.07, 6.45) is 0. The van der Waals surface area contributed by atoms with Crippen molar-refractivity contribution in [3.8, 4) is 5.75 Å². The van der Waals surface area contributed by atoms with Crippen molar-refractivity contribution in [3.05, 3.63) is 59.7 Å². The van der Waals surface area contributed by atoms with Crippen LogP contribution < -0.4 is 10.2 Å². The summed E-state index contributed by atoms with van der Waals surface area (Å²) in [6.45, 7) is 1.95. The molecule has 0 saturated heterocycles. The SMILES string of the molecule is Cc1ccc(OC(=O)c2ccc(B(O)O)cc2)cc1. The van der Waals surface area contributed by atoms with Crippen molar-refractivity contribution >= 4 is 18.6 Å². The summed E-state index contributed by atoms with van der Waals surface area (Å²) in [5, 5.41) is 17.9. The number of hydrogen-bond donors (Lipinski definition) is 2. The van der Waals surface area contributed by atoms with E-state index in [2.05, 4.69) is 0 Å². The quantitative estimate of drug-likeness (QED) is 0.486. The Hall–Kier alpha value is -2.11. The van der Waals surface area contributed by atoms with Gasteiger partial charge in [-0.15, -0.1) is 0 Å². The number of rotatable bonds is 3. The lowest BCUT2D eigenvalue weighted by molar-refractivity contribution is 0.0734. The van der Waals surface area contributed by atoms with Crippen LogP contribution in [0.4, 0.5) is 0 Å². The van der Waals surface area contributed by atoms with Crippen LogP contribution in [0.2, 0.25) is 0 Å². The minimum atomic E-state index is -1.54. The number of hydrogen-bond acceptors (Lipinski definition) is 4. The number of ether oxygens (including phenoxy) is 1. The summed E-state index contributed by atoms with van der Waals surface area (Å²) in [6, 6.07) is 13.1. The summed E-state index contributed by atoms with van der Waals surface area (Å²) in [5.74, 6) is -0.00954. The minimum absolute atomic E-state index is 0.326. The topological polar surface area (TPSA) is 66.8 Å². The first-order valence-electron chi connectivity index (χ1n) is 5.81. The van der Waals surface area contributed by atoms with Crippen molar-refractivity contribution in [1.82, 2.24) is 0 Å². The molecule has 96 valence electrons. The van der Waals surface area contributed by atoms with Gasteiger partial charge in [0.05, 0.1) is 5.56 Å². The van der Waals surface area contributed by atoms with Crippen LogP contribution in [0.1, 0.15) is 15.9 Å². The highest BCUT2D eigenvalue weighted by molar-refractivity contribution is 6.58. The molecule has 19 heavy (non-hydrogen) atoms. The molecule has 0 atom stereocenters. The van der Waals surface area contributed by atoms with E-state index < -0.39 is 13.1 Å². The van der Waals surface area contributed by atoms with E-state index in [1.807, 2.05) is 19.1 Å². The first kappa shape index (κ1) is 13.3. The predicted octanol–water partition coefficient (Wildman–Crippen LogP) is 0.894. The van der Waals surface area contributed by atoms with Crippen LogP contribution >= 0.6 is 0 Å². The van der Waals surface area contributed by atoms with Crippen molar-refractivity contribution in [2.75, 3.05) is 0 Å². The van der Waals surface area contributed by atoms with Crippen molar-refractivity contribution in [3.63, 3.8) is 0 Å². The molecular formula is C14H13BO4. The van der Waals surface area contributed by atoms with Crippen molar-refractivity contribution in [2.24, 2.45) is 0 Å². The van der Waals surface area contributed by atoms with E-state index in [1.54, 1.807) is 12.1 Å². The van der Waals surface area contributed by atoms with E-state index in [-0.39, 0.29) is 0 Å². The largest absolute Gasteiger partial charge is 0.488 e. The zero-order chi connectivity index (χ0) is 13.8. The second kappa shape index (κ2) is 5.69. The van der Waals surface area contributed by atoms with Gasteiger partial charge in [0.2, 0.25) is 0 Å². The van der Waals surface area contributed by atoms with Gasteiger partial charge in [0.15, 0.2) is 0 Å². The van der Waals surface area contributed by atoms with Crippen molar-refractivity contribution < 1.29 is 19.6 Å². The van der Waals surface area contributed by atoms with Gasteiger partial charge >= 0.3 is 13.1 Å². The molecule has 2 rings (SSSR count). The molecule has 0 aliphatic carbocycles. The normalized spacial score (nSPS) is 10.1. The Balaban J connectivity index is 2.09. The lowest BCUT2D eigenvalue weighted by Gasteiger charge is -2.05. The van der Waals surface area contributed by atoms with Gasteiger partial charge in [0.25, 0.3) is 0 Å². The maximum atomic E-state index is 11.8. The maximum Gasteiger partial charge on any atom is 0.488 e. The summed E-state index contributed by atoms with van der Waals surface area (Å²) < 4.78 is 5.19. The van der Waals surface area contributed by atoms with Gasteiger partial charge in [0.1, 0.15) is 5.75 Å². The summed E-state index contributed by atoms with van der Waals surface area (Å²) in [4.78, 5) is 11.8. The first-order chi connectivity index (χ1) is 9.06. The van der Waals surface area contributed by atoms with Crippen LogP contribution in [0, 0.1) is 6.92 Å². The highest BCUT2D eigenvalue weighted by Gasteiger charge is 2.13. The summed E-state index contributed by atoms with van der Waals surface area (Å²) in [5.41, 5.74) is 1.76. The van der Waals surface area contributed by atoms with E-state index in [1.165, 1.54) is 24.3 Å². The fourth-order valence-electron chi connectivity index (χ4n) is 1.56. The van der Waals surface area contributed by atoms with Crippen molar-refractivity contribution in [1.29, 1.82) is 0 Å². The molecule has 0 aliphatic rings. The second-order valence-electron chi connectivity index (χ2n) is 4.20. The zero-order valence-corrected chi connectivity index (χ0v) is 10.4. The molecule has 4 nitrogen and oxygen atoms in total. The molecule has 0 aliphatic heterocycles. The standard InChI is InChI=1S/C14H13BO4/c1-10-2-8-13(9-3-10)19-14(16)11-4-6-12(7-5-11)15(17)18/h2-9,17-18H,1H3. The Kier molecular flexibility index (Phi) is 3.99. The van der Waals surface area contributed by atoms with Gasteiger partial charge in [-0.2, -0.15) is 0 Å². The monoisotopic (exact) mass is 256 g/mol. The van der Waals surface area contributed by atoms with Crippen LogP contribution in [-0.2, 0) is 0 Å². The van der Waals surface area contributed by atoms with E-state index in [0.29, 0.717) is 16.8 Å². The molecule has 2 aromatic carbocycles. The first-order valence-corrected chi connectivity index (χ1v) is 5.81. The average molecular weight is 256 g/mol. The van der Waals surface area contributed by atoms with Crippen LogP contribution in [0.25, 0.3) is 0 Å². The van der Waals surface area contributed by atoms with Crippen LogP contribution in [-0.4, -0.2) is 23.1 Å². The molecule has 2 N–H and O–H groups in total. The summed E-state index contributed by atoms with van der Waals surface area (Å²) >= 11 is 0. The Morgan fingerprint density at radius 3 is 2.11 bits per heavy atom. The van der Waals surface area contributed by atoms with Crippen molar-refractivity contribution in [2.45, 2.75) is 6.92 Å². The Morgan fingerprint density at radius 1 is 1.00 bits per heavy atom. The smallest absolute Gasteiger partial charge is 0.423 e. The second-order valence-corrected chi connectivity index (χ2v) is 4.20. The molecule has 0 heterocycles. The number of esters is 1. The lowest BCUT2D eigenvalue weighted by Crippen LogP contribution is -2.29. The third-order valence-corrected chi connectivity index (χ3v) is 2.68. The van der Waals surface area contributed by atoms with Crippen LogP contribution in [0.5, 0.6) is 5.75 Å². The molecule has 0 bridgehead atoms. The van der Waals surface area contributed by atoms with E-state index in [4.69, 9.17) is 14.8 Å². The highest BCUT2D eigenvalue weighted by atomic mass is 16.5. The van der Waals surface area contributed by atoms with E-state index in [0.717, 1.165) is 5.56 Å². The zero-order valence-electron chi connectivity index (χ0n) is 10.4. The van der Waals surface area contributed by atoms with Gasteiger partial charge in [-0.1, -0.05) is 29.8 Å². The highest BCUT2D eigenvalue weighted by Crippen LogP contribution is 2.13. The molecule has 0 spiro atoms. The predicted molar refractivity (Wildman–Crippen MR) is 72.4 cm³/mol. The molecule has 0 saturated carbocycles. The Bertz CT molecular complexity index is 561. The van der Waals surface area contributed by atoms with E-state index in [9.17, 15) is 4.79 Å². The van der Waals surface area contributed by atoms with Gasteiger partial charge in [0, 0.05) is 0 Å². The number of carbonyl (C=O) groups excluding carboxylic acids is 1. The Labute approximate surface area is 111 Å². The molecular weight excluding hydrogens is 243 g/mol. The lowest BCUT2D eigenvalue weighted by atomic mass is 9.80. The fourth-order valence-corrected chi connectivity index (χ4v) is 1.56. The number of benzene rings is 2. The van der Waals surface area contributed by atoms with Gasteiger partial charge in [-0.25, -0.2) is 4.79 Å². The number of aryl methyl sites for hydroxylation is 1. The minimum Gasteiger partial charge on any atom is -0.423 e. The molecule has 0 radical (unpaired) electrons. The molecule has 0 amide bonds. The maximum absolute atomic E-state index is 11.8. The van der Waals surface area contributed by atoms with Gasteiger partial charge in [-0.3, -0.25) is 0 Å². The third kappa shape index (κ3) is 3.43. The fraction of sp³-hybridized carbons (Fsp3) is 0.0714. The third-order valence-electron chi connectivity index (χ3n) is 2.68.